The van der Waals surface area contributed by atoms with E-state index >= 15 is 0 Å². The highest BCUT2D eigenvalue weighted by atomic mass is 16.5. The highest BCUT2D eigenvalue weighted by Gasteiger charge is 2.49. The molecule has 1 atom stereocenters. The maximum Gasteiger partial charge on any atom is 0.273 e. The summed E-state index contributed by atoms with van der Waals surface area (Å²) in [6.07, 6.45) is 6.40. The number of amides is 1. The number of aromatic nitrogens is 4. The molecule has 1 unspecified atom stereocenters. The van der Waals surface area contributed by atoms with Crippen molar-refractivity contribution in [2.75, 3.05) is 33.4 Å². The number of carbonyl (C=O) groups excluding carboxylic acids is 1. The van der Waals surface area contributed by atoms with Gasteiger partial charge in [0, 0.05) is 25.6 Å². The van der Waals surface area contributed by atoms with Crippen LogP contribution in [-0.4, -0.2) is 64.1 Å². The minimum Gasteiger partial charge on any atom is -0.383 e. The Morgan fingerprint density at radius 1 is 1.19 bits per heavy atom. The Balaban J connectivity index is 1.18. The average molecular weight is 435 g/mol. The number of methoxy groups -OCH3 is 1. The molecular formula is C24H30N6O2. The number of hydrogen-bond acceptors (Lipinski definition) is 6. The molecular weight excluding hydrogens is 404 g/mol. The molecule has 3 heterocycles. The number of nitrogens with zero attached hydrogens (tertiary/aromatic N) is 5. The largest absolute Gasteiger partial charge is 0.383 e. The summed E-state index contributed by atoms with van der Waals surface area (Å²) in [5.41, 5.74) is 2.84. The minimum absolute atomic E-state index is 0.195. The molecule has 0 bridgehead atoms. The van der Waals surface area contributed by atoms with Crippen LogP contribution < -0.4 is 5.32 Å². The van der Waals surface area contributed by atoms with Crippen molar-refractivity contribution in [3.63, 3.8) is 0 Å². The van der Waals surface area contributed by atoms with Gasteiger partial charge in [0.05, 0.1) is 30.1 Å². The predicted molar refractivity (Wildman–Crippen MR) is 121 cm³/mol. The number of benzene rings is 1. The van der Waals surface area contributed by atoms with Gasteiger partial charge in [-0.25, -0.2) is 4.68 Å². The molecule has 1 spiro atoms. The summed E-state index contributed by atoms with van der Waals surface area (Å²) in [6.45, 7) is 3.96. The molecule has 2 aromatic heterocycles. The normalized spacial score (nSPS) is 20.3. The Labute approximate surface area is 188 Å². The second-order valence-corrected chi connectivity index (χ2v) is 9.02. The molecule has 1 aliphatic heterocycles. The van der Waals surface area contributed by atoms with Gasteiger partial charge in [-0.05, 0) is 56.3 Å². The van der Waals surface area contributed by atoms with Crippen LogP contribution in [-0.2, 0) is 11.3 Å². The Kier molecular flexibility index (Phi) is 5.89. The van der Waals surface area contributed by atoms with Crippen molar-refractivity contribution in [2.24, 2.45) is 5.41 Å². The first-order valence-corrected chi connectivity index (χ1v) is 11.4. The highest BCUT2D eigenvalue weighted by molar-refractivity contribution is 5.91. The average Bonchev–Trinajstić information content (AvgIpc) is 3.28. The Hall–Kier alpha value is -2.84. The molecule has 1 saturated heterocycles. The number of piperidine rings is 1. The molecule has 2 aliphatic rings. The zero-order valence-corrected chi connectivity index (χ0v) is 18.5. The summed E-state index contributed by atoms with van der Waals surface area (Å²) >= 11 is 0. The lowest BCUT2D eigenvalue weighted by Gasteiger charge is -2.53. The molecule has 3 aromatic rings. The maximum absolute atomic E-state index is 12.2. The molecule has 1 N–H and O–H groups in total. The second-order valence-electron chi connectivity index (χ2n) is 9.02. The molecule has 8 nitrogen and oxygen atoms in total. The second kappa shape index (κ2) is 8.96. The lowest BCUT2D eigenvalue weighted by molar-refractivity contribution is -0.0336. The fourth-order valence-electron chi connectivity index (χ4n) is 5.15. The molecule has 0 radical (unpaired) electrons. The van der Waals surface area contributed by atoms with Crippen LogP contribution >= 0.6 is 0 Å². The van der Waals surface area contributed by atoms with Gasteiger partial charge in [-0.3, -0.25) is 14.7 Å². The summed E-state index contributed by atoms with van der Waals surface area (Å²) in [5.74, 6) is -0.195. The number of rotatable bonds is 7. The fraction of sp³-hybridized carbons (Fsp3) is 0.500. The number of para-hydroxylation sites is 1. The van der Waals surface area contributed by atoms with Crippen LogP contribution in [0.4, 0.5) is 0 Å². The van der Waals surface area contributed by atoms with Crippen LogP contribution in [0.15, 0.2) is 42.6 Å². The van der Waals surface area contributed by atoms with E-state index in [-0.39, 0.29) is 11.3 Å². The van der Waals surface area contributed by atoms with E-state index in [1.807, 2.05) is 10.7 Å². The van der Waals surface area contributed by atoms with Crippen LogP contribution in [0.2, 0.25) is 0 Å². The van der Waals surface area contributed by atoms with Crippen molar-refractivity contribution in [3.8, 4) is 0 Å². The van der Waals surface area contributed by atoms with E-state index in [2.05, 4.69) is 50.9 Å². The summed E-state index contributed by atoms with van der Waals surface area (Å²) in [7, 11) is 1.61. The van der Waals surface area contributed by atoms with E-state index < -0.39 is 0 Å². The Morgan fingerprint density at radius 3 is 2.81 bits per heavy atom. The van der Waals surface area contributed by atoms with Gasteiger partial charge in [-0.15, -0.1) is 5.10 Å². The number of fused-ring (bicyclic) bond motifs is 1. The van der Waals surface area contributed by atoms with Gasteiger partial charge in [0.1, 0.15) is 0 Å². The summed E-state index contributed by atoms with van der Waals surface area (Å²) in [5, 5.41) is 12.4. The van der Waals surface area contributed by atoms with E-state index in [9.17, 15) is 4.79 Å². The van der Waals surface area contributed by atoms with E-state index in [4.69, 9.17) is 9.72 Å². The van der Waals surface area contributed by atoms with E-state index in [1.54, 1.807) is 13.3 Å². The molecule has 32 heavy (non-hydrogen) atoms. The first-order chi connectivity index (χ1) is 15.7. The first kappa shape index (κ1) is 21.0. The number of hydrogen-bond donors (Lipinski definition) is 1. The third-order valence-electron chi connectivity index (χ3n) is 7.17. The Bertz CT molecular complexity index is 1090. The molecule has 1 aliphatic carbocycles. The lowest BCUT2D eigenvalue weighted by atomic mass is 9.59. The topological polar surface area (TPSA) is 85.2 Å². The molecule has 1 saturated carbocycles. The van der Waals surface area contributed by atoms with Gasteiger partial charge >= 0.3 is 0 Å². The monoisotopic (exact) mass is 434 g/mol. The standard InChI is InChI=1S/C24H30N6O2/c1-32-15-12-25-23(31)21-17-30(28-27-21)22-8-9-24(22)10-13-29(14-11-24)16-19-7-6-18-4-2-3-5-20(18)26-19/h2-7,17,22H,8-16H2,1H3,(H,25,31). The molecule has 8 heteroatoms. The smallest absolute Gasteiger partial charge is 0.273 e. The Morgan fingerprint density at radius 2 is 2.03 bits per heavy atom. The molecule has 5 rings (SSSR count). The number of carbonyl (C=O) groups is 1. The quantitative estimate of drug-likeness (QED) is 0.576. The maximum atomic E-state index is 12.2. The van der Waals surface area contributed by atoms with Gasteiger partial charge in [0.15, 0.2) is 5.69 Å². The van der Waals surface area contributed by atoms with Crippen LogP contribution in [0.25, 0.3) is 10.9 Å². The third kappa shape index (κ3) is 4.12. The van der Waals surface area contributed by atoms with Crippen molar-refractivity contribution in [2.45, 2.75) is 38.3 Å². The first-order valence-electron chi connectivity index (χ1n) is 11.4. The zero-order valence-electron chi connectivity index (χ0n) is 18.5. The van der Waals surface area contributed by atoms with Crippen LogP contribution in [0.1, 0.15) is 47.9 Å². The van der Waals surface area contributed by atoms with E-state index in [0.29, 0.717) is 24.9 Å². The predicted octanol–water partition coefficient (Wildman–Crippen LogP) is 2.82. The fourth-order valence-corrected chi connectivity index (χ4v) is 5.15. The van der Waals surface area contributed by atoms with Gasteiger partial charge in [0.2, 0.25) is 0 Å². The number of pyridine rings is 1. The lowest BCUT2D eigenvalue weighted by Crippen LogP contribution is -2.49. The molecule has 2 fully saturated rings. The molecule has 1 aromatic carbocycles. The van der Waals surface area contributed by atoms with Crippen molar-refractivity contribution < 1.29 is 9.53 Å². The van der Waals surface area contributed by atoms with E-state index in [1.165, 1.54) is 11.8 Å². The summed E-state index contributed by atoms with van der Waals surface area (Å²) in [6, 6.07) is 12.9. The summed E-state index contributed by atoms with van der Waals surface area (Å²) in [4.78, 5) is 19.6. The van der Waals surface area contributed by atoms with Crippen molar-refractivity contribution in [1.29, 1.82) is 0 Å². The molecule has 1 amide bonds. The summed E-state index contributed by atoms with van der Waals surface area (Å²) < 4.78 is 6.90. The number of ether oxygens (including phenoxy) is 1. The van der Waals surface area contributed by atoms with Gasteiger partial charge in [-0.2, -0.15) is 0 Å². The van der Waals surface area contributed by atoms with Crippen molar-refractivity contribution in [3.05, 3.63) is 54.0 Å². The zero-order chi connectivity index (χ0) is 22.0. The number of likely N-dealkylation sites (tertiary alicyclic amines) is 1. The van der Waals surface area contributed by atoms with Gasteiger partial charge < -0.3 is 10.1 Å². The highest BCUT2D eigenvalue weighted by Crippen LogP contribution is 2.56. The molecule has 168 valence electrons. The van der Waals surface area contributed by atoms with Crippen LogP contribution in [0, 0.1) is 5.41 Å². The van der Waals surface area contributed by atoms with Crippen molar-refractivity contribution in [1.82, 2.24) is 30.2 Å². The van der Waals surface area contributed by atoms with Crippen LogP contribution in [0.3, 0.4) is 0 Å². The van der Waals surface area contributed by atoms with E-state index in [0.717, 1.165) is 50.1 Å². The minimum atomic E-state index is -0.195. The number of nitrogens with one attached hydrogen (secondary N) is 1. The van der Waals surface area contributed by atoms with Gasteiger partial charge in [0.25, 0.3) is 5.91 Å². The van der Waals surface area contributed by atoms with Gasteiger partial charge in [-0.1, -0.05) is 29.5 Å². The third-order valence-corrected chi connectivity index (χ3v) is 7.17. The SMILES string of the molecule is COCCNC(=O)c1cn(C2CCC23CCN(Cc2ccc4ccccc4n2)CC3)nn1. The van der Waals surface area contributed by atoms with Crippen molar-refractivity contribution >= 4 is 16.8 Å². The van der Waals surface area contributed by atoms with Crippen LogP contribution in [0.5, 0.6) is 0 Å².